The molecule has 2 heterocycles. The number of ether oxygens (including phenoxy) is 1. The van der Waals surface area contributed by atoms with Crippen molar-refractivity contribution < 1.29 is 9.53 Å². The minimum Gasteiger partial charge on any atom is -0.376 e. The number of anilines is 4. The van der Waals surface area contributed by atoms with Gasteiger partial charge in [-0.2, -0.15) is 4.98 Å². The summed E-state index contributed by atoms with van der Waals surface area (Å²) in [6.45, 7) is 3.05. The van der Waals surface area contributed by atoms with Gasteiger partial charge in [0.05, 0.1) is 11.6 Å². The van der Waals surface area contributed by atoms with Crippen molar-refractivity contribution >= 4 is 40.0 Å². The van der Waals surface area contributed by atoms with Crippen molar-refractivity contribution in [1.29, 1.82) is 0 Å². The predicted octanol–water partition coefficient (Wildman–Crippen LogP) is 3.92. The van der Waals surface area contributed by atoms with Gasteiger partial charge in [-0.15, -0.1) is 0 Å². The maximum atomic E-state index is 11.1. The molecule has 7 nitrogen and oxygen atoms in total. The summed E-state index contributed by atoms with van der Waals surface area (Å²) in [4.78, 5) is 20.4. The molecule has 4 rings (SSSR count). The van der Waals surface area contributed by atoms with Gasteiger partial charge < -0.3 is 20.7 Å². The Balaban J connectivity index is 1.55. The summed E-state index contributed by atoms with van der Waals surface area (Å²) in [6.07, 6.45) is 2.41. The molecular weight excluding hydrogens is 354 g/mol. The molecule has 1 unspecified atom stereocenters. The number of hydrogen-bond donors (Lipinski definition) is 3. The van der Waals surface area contributed by atoms with E-state index in [0.717, 1.165) is 54.1 Å². The first-order valence-electron chi connectivity index (χ1n) is 9.44. The average molecular weight is 377 g/mol. The van der Waals surface area contributed by atoms with Gasteiger partial charge in [0.25, 0.3) is 0 Å². The lowest BCUT2D eigenvalue weighted by molar-refractivity contribution is -0.114. The first kappa shape index (κ1) is 18.2. The third kappa shape index (κ3) is 4.37. The number of nitrogens with zero attached hydrogens (tertiary/aromatic N) is 2. The zero-order valence-electron chi connectivity index (χ0n) is 15.7. The number of para-hydroxylation sites is 1. The molecule has 1 aromatic heterocycles. The monoisotopic (exact) mass is 377 g/mol. The number of amides is 1. The summed E-state index contributed by atoms with van der Waals surface area (Å²) in [5.74, 6) is 1.21. The summed E-state index contributed by atoms with van der Waals surface area (Å²) >= 11 is 0. The van der Waals surface area contributed by atoms with E-state index in [9.17, 15) is 4.79 Å². The van der Waals surface area contributed by atoms with Crippen molar-refractivity contribution in [2.24, 2.45) is 0 Å². The molecule has 144 valence electrons. The van der Waals surface area contributed by atoms with Crippen LogP contribution in [0.15, 0.2) is 48.5 Å². The van der Waals surface area contributed by atoms with Crippen LogP contribution in [0, 0.1) is 0 Å². The highest BCUT2D eigenvalue weighted by Crippen LogP contribution is 2.25. The van der Waals surface area contributed by atoms with Crippen LogP contribution in [0.1, 0.15) is 19.8 Å². The summed E-state index contributed by atoms with van der Waals surface area (Å²) < 4.78 is 5.70. The molecule has 0 bridgehead atoms. The van der Waals surface area contributed by atoms with Gasteiger partial charge in [0, 0.05) is 36.8 Å². The van der Waals surface area contributed by atoms with Crippen LogP contribution in [0.2, 0.25) is 0 Å². The number of aromatic nitrogens is 2. The van der Waals surface area contributed by atoms with E-state index >= 15 is 0 Å². The number of nitrogens with one attached hydrogen (secondary N) is 3. The topological polar surface area (TPSA) is 88.2 Å². The first-order valence-corrected chi connectivity index (χ1v) is 9.44. The van der Waals surface area contributed by atoms with E-state index in [1.165, 1.54) is 6.92 Å². The van der Waals surface area contributed by atoms with Crippen molar-refractivity contribution in [2.45, 2.75) is 25.9 Å². The van der Waals surface area contributed by atoms with Crippen molar-refractivity contribution in [2.75, 3.05) is 29.1 Å². The van der Waals surface area contributed by atoms with Gasteiger partial charge in [-0.05, 0) is 49.2 Å². The molecule has 7 heteroatoms. The molecule has 0 aliphatic carbocycles. The Bertz CT molecular complexity index is 968. The highest BCUT2D eigenvalue weighted by molar-refractivity contribution is 5.90. The van der Waals surface area contributed by atoms with E-state index in [1.807, 2.05) is 48.5 Å². The van der Waals surface area contributed by atoms with E-state index in [-0.39, 0.29) is 12.0 Å². The second kappa shape index (κ2) is 8.22. The zero-order valence-corrected chi connectivity index (χ0v) is 15.7. The SMILES string of the molecule is CC(=O)Nc1ccc(Nc2nc(NCC3CCCO3)c3ccccc3n2)cc1. The molecule has 1 aliphatic rings. The number of rotatable bonds is 6. The Hall–Kier alpha value is -3.19. The number of hydrogen-bond acceptors (Lipinski definition) is 6. The molecule has 1 amide bonds. The van der Waals surface area contributed by atoms with Crippen LogP contribution in [-0.4, -0.2) is 35.1 Å². The summed E-state index contributed by atoms with van der Waals surface area (Å²) in [5.41, 5.74) is 2.45. The number of carbonyl (C=O) groups excluding carboxylic acids is 1. The highest BCUT2D eigenvalue weighted by atomic mass is 16.5. The lowest BCUT2D eigenvalue weighted by Gasteiger charge is -2.14. The van der Waals surface area contributed by atoms with Crippen molar-refractivity contribution in [3.63, 3.8) is 0 Å². The fourth-order valence-electron chi connectivity index (χ4n) is 3.25. The molecule has 1 atom stereocenters. The standard InChI is InChI=1S/C21H23N5O2/c1-14(27)23-15-8-10-16(11-9-15)24-21-25-19-7-3-2-6-18(19)20(26-21)22-13-17-5-4-12-28-17/h2-3,6-11,17H,4-5,12-13H2,1H3,(H,23,27)(H2,22,24,25,26). The third-order valence-corrected chi connectivity index (χ3v) is 4.59. The van der Waals surface area contributed by atoms with Crippen molar-refractivity contribution in [1.82, 2.24) is 9.97 Å². The van der Waals surface area contributed by atoms with Gasteiger partial charge in [0.2, 0.25) is 11.9 Å². The summed E-state index contributed by atoms with van der Waals surface area (Å²) in [5, 5.41) is 10.4. The van der Waals surface area contributed by atoms with Crippen LogP contribution in [0.25, 0.3) is 10.9 Å². The lowest BCUT2D eigenvalue weighted by atomic mass is 10.2. The van der Waals surface area contributed by atoms with Crippen LogP contribution < -0.4 is 16.0 Å². The molecule has 1 saturated heterocycles. The molecule has 0 spiro atoms. The van der Waals surface area contributed by atoms with Crippen molar-refractivity contribution in [3.8, 4) is 0 Å². The van der Waals surface area contributed by atoms with Gasteiger partial charge in [-0.3, -0.25) is 4.79 Å². The molecular formula is C21H23N5O2. The van der Waals surface area contributed by atoms with E-state index in [1.54, 1.807) is 0 Å². The molecule has 28 heavy (non-hydrogen) atoms. The van der Waals surface area contributed by atoms with Crippen LogP contribution in [-0.2, 0) is 9.53 Å². The minimum atomic E-state index is -0.0967. The van der Waals surface area contributed by atoms with Gasteiger partial charge in [0.15, 0.2) is 0 Å². The third-order valence-electron chi connectivity index (χ3n) is 4.59. The van der Waals surface area contributed by atoms with E-state index in [0.29, 0.717) is 5.95 Å². The second-order valence-electron chi connectivity index (χ2n) is 6.81. The van der Waals surface area contributed by atoms with Crippen LogP contribution in [0.4, 0.5) is 23.1 Å². The Morgan fingerprint density at radius 3 is 2.64 bits per heavy atom. The maximum absolute atomic E-state index is 11.1. The number of benzene rings is 2. The predicted molar refractivity (Wildman–Crippen MR) is 111 cm³/mol. The van der Waals surface area contributed by atoms with E-state index in [4.69, 9.17) is 4.74 Å². The molecule has 0 saturated carbocycles. The maximum Gasteiger partial charge on any atom is 0.229 e. The fourth-order valence-corrected chi connectivity index (χ4v) is 3.25. The molecule has 1 fully saturated rings. The van der Waals surface area contributed by atoms with Gasteiger partial charge in [-0.25, -0.2) is 4.98 Å². The van der Waals surface area contributed by atoms with Crippen LogP contribution >= 0.6 is 0 Å². The summed E-state index contributed by atoms with van der Waals surface area (Å²) in [7, 11) is 0. The smallest absolute Gasteiger partial charge is 0.229 e. The molecule has 0 radical (unpaired) electrons. The Morgan fingerprint density at radius 1 is 1.11 bits per heavy atom. The van der Waals surface area contributed by atoms with Gasteiger partial charge >= 0.3 is 0 Å². The van der Waals surface area contributed by atoms with Crippen LogP contribution in [0.3, 0.4) is 0 Å². The normalized spacial score (nSPS) is 16.1. The Morgan fingerprint density at radius 2 is 1.89 bits per heavy atom. The Labute approximate surface area is 163 Å². The molecule has 3 aromatic rings. The van der Waals surface area contributed by atoms with E-state index in [2.05, 4.69) is 25.9 Å². The van der Waals surface area contributed by atoms with Gasteiger partial charge in [-0.1, -0.05) is 12.1 Å². The van der Waals surface area contributed by atoms with Crippen molar-refractivity contribution in [3.05, 3.63) is 48.5 Å². The summed E-state index contributed by atoms with van der Waals surface area (Å²) in [6, 6.07) is 15.4. The largest absolute Gasteiger partial charge is 0.376 e. The zero-order chi connectivity index (χ0) is 19.3. The second-order valence-corrected chi connectivity index (χ2v) is 6.81. The minimum absolute atomic E-state index is 0.0967. The fraction of sp³-hybridized carbons (Fsp3) is 0.286. The number of fused-ring (bicyclic) bond motifs is 1. The molecule has 3 N–H and O–H groups in total. The molecule has 1 aliphatic heterocycles. The highest BCUT2D eigenvalue weighted by Gasteiger charge is 2.16. The first-order chi connectivity index (χ1) is 13.7. The Kier molecular flexibility index (Phi) is 5.34. The molecule has 2 aromatic carbocycles. The van der Waals surface area contributed by atoms with E-state index < -0.39 is 0 Å². The average Bonchev–Trinajstić information content (AvgIpc) is 3.21. The quantitative estimate of drug-likeness (QED) is 0.603. The number of carbonyl (C=O) groups is 1. The lowest BCUT2D eigenvalue weighted by Crippen LogP contribution is -2.19. The van der Waals surface area contributed by atoms with Gasteiger partial charge in [0.1, 0.15) is 5.82 Å². The van der Waals surface area contributed by atoms with Crippen LogP contribution in [0.5, 0.6) is 0 Å².